The number of hydrogen-bond donors (Lipinski definition) is 0. The minimum Gasteiger partial charge on any atom is -0.325 e. The van der Waals surface area contributed by atoms with Gasteiger partial charge in [-0.15, -0.1) is 0 Å². The summed E-state index contributed by atoms with van der Waals surface area (Å²) in [6.07, 6.45) is 6.01. The summed E-state index contributed by atoms with van der Waals surface area (Å²) >= 11 is 0. The molecule has 0 aromatic carbocycles. The molecular formula is C19H33N4O5P. The fourth-order valence-electron chi connectivity index (χ4n) is 3.19. The van der Waals surface area contributed by atoms with Crippen molar-refractivity contribution in [3.05, 3.63) is 27.2 Å². The Balaban J connectivity index is 2.02. The van der Waals surface area contributed by atoms with Crippen molar-refractivity contribution in [3.63, 3.8) is 0 Å². The number of imidazole rings is 1. The Morgan fingerprint density at radius 1 is 1.03 bits per heavy atom. The maximum Gasteiger partial charge on any atom is 0.332 e. The van der Waals surface area contributed by atoms with Crippen molar-refractivity contribution in [2.45, 2.75) is 66.0 Å². The van der Waals surface area contributed by atoms with Gasteiger partial charge in [0.25, 0.3) is 5.56 Å². The maximum atomic E-state index is 12.9. The molecule has 0 bridgehead atoms. The molecular weight excluding hydrogens is 395 g/mol. The molecule has 0 saturated heterocycles. The number of unbranched alkanes of at least 4 members (excludes halogenated alkanes) is 3. The van der Waals surface area contributed by atoms with Crippen molar-refractivity contribution in [1.82, 2.24) is 18.7 Å². The highest BCUT2D eigenvalue weighted by Crippen LogP contribution is 2.47. The average molecular weight is 428 g/mol. The van der Waals surface area contributed by atoms with E-state index >= 15 is 0 Å². The third kappa shape index (κ3) is 5.68. The molecule has 0 aliphatic rings. The molecule has 0 radical (unpaired) electrons. The fourth-order valence-corrected chi connectivity index (χ4v) is 4.43. The summed E-state index contributed by atoms with van der Waals surface area (Å²) in [6, 6.07) is 0. The van der Waals surface area contributed by atoms with E-state index in [-0.39, 0.29) is 11.2 Å². The van der Waals surface area contributed by atoms with Crippen LogP contribution >= 0.6 is 7.60 Å². The van der Waals surface area contributed by atoms with Crippen LogP contribution in [0.4, 0.5) is 0 Å². The van der Waals surface area contributed by atoms with Crippen LogP contribution in [-0.4, -0.2) is 38.1 Å². The second kappa shape index (κ2) is 10.9. The van der Waals surface area contributed by atoms with Crippen molar-refractivity contribution in [1.29, 1.82) is 0 Å². The van der Waals surface area contributed by atoms with Gasteiger partial charge in [0, 0.05) is 26.3 Å². The third-order valence-electron chi connectivity index (χ3n) is 4.88. The van der Waals surface area contributed by atoms with Crippen LogP contribution in [0.25, 0.3) is 11.2 Å². The first-order valence-electron chi connectivity index (χ1n) is 10.4. The molecule has 164 valence electrons. The minimum atomic E-state index is -2.98. The van der Waals surface area contributed by atoms with E-state index in [1.54, 1.807) is 27.2 Å². The lowest BCUT2D eigenvalue weighted by molar-refractivity contribution is 0.209. The summed E-state index contributed by atoms with van der Waals surface area (Å²) < 4.78 is 27.4. The van der Waals surface area contributed by atoms with Gasteiger partial charge >= 0.3 is 13.3 Å². The Labute approximate surface area is 171 Å². The van der Waals surface area contributed by atoms with E-state index in [9.17, 15) is 14.2 Å². The number of rotatable bonds is 13. The van der Waals surface area contributed by atoms with E-state index in [0.29, 0.717) is 56.5 Å². The number of hydrogen-bond acceptors (Lipinski definition) is 6. The van der Waals surface area contributed by atoms with Gasteiger partial charge in [0.05, 0.1) is 19.5 Å². The summed E-state index contributed by atoms with van der Waals surface area (Å²) in [5.74, 6) is 0. The zero-order valence-corrected chi connectivity index (χ0v) is 18.8. The number of aryl methyl sites for hydroxylation is 2. The van der Waals surface area contributed by atoms with Crippen molar-refractivity contribution in [2.75, 3.05) is 19.4 Å². The molecule has 1 unspecified atom stereocenters. The van der Waals surface area contributed by atoms with Crippen molar-refractivity contribution >= 4 is 18.8 Å². The van der Waals surface area contributed by atoms with Crippen LogP contribution < -0.4 is 11.2 Å². The zero-order valence-electron chi connectivity index (χ0n) is 17.9. The van der Waals surface area contributed by atoms with E-state index in [4.69, 9.17) is 9.05 Å². The summed E-state index contributed by atoms with van der Waals surface area (Å²) in [7, 11) is -1.34. The normalized spacial score (nSPS) is 13.8. The van der Waals surface area contributed by atoms with Gasteiger partial charge in [-0.3, -0.25) is 18.5 Å². The Bertz CT molecular complexity index is 962. The van der Waals surface area contributed by atoms with E-state index in [1.807, 2.05) is 4.57 Å². The number of fused-ring (bicyclic) bond motifs is 1. The van der Waals surface area contributed by atoms with Gasteiger partial charge in [0.1, 0.15) is 0 Å². The lowest BCUT2D eigenvalue weighted by Crippen LogP contribution is -2.39. The molecule has 9 nitrogen and oxygen atoms in total. The van der Waals surface area contributed by atoms with Gasteiger partial charge < -0.3 is 13.6 Å². The molecule has 0 spiro atoms. The molecule has 2 rings (SSSR count). The molecule has 0 saturated carbocycles. The van der Waals surface area contributed by atoms with Gasteiger partial charge in [-0.25, -0.2) is 9.78 Å². The minimum absolute atomic E-state index is 0.292. The molecule has 0 N–H and O–H groups in total. The second-order valence-electron chi connectivity index (χ2n) is 7.00. The molecule has 0 amide bonds. The number of aromatic nitrogens is 4. The first-order valence-corrected chi connectivity index (χ1v) is 12.1. The van der Waals surface area contributed by atoms with Gasteiger partial charge in [0.2, 0.25) is 0 Å². The van der Waals surface area contributed by atoms with E-state index < -0.39 is 7.60 Å². The lowest BCUT2D eigenvalue weighted by atomic mass is 10.2. The van der Waals surface area contributed by atoms with Gasteiger partial charge in [-0.2, -0.15) is 0 Å². The van der Waals surface area contributed by atoms with Crippen molar-refractivity contribution in [3.8, 4) is 0 Å². The maximum absolute atomic E-state index is 12.9. The Morgan fingerprint density at radius 2 is 1.79 bits per heavy atom. The van der Waals surface area contributed by atoms with Gasteiger partial charge in [-0.05, 0) is 32.6 Å². The molecule has 10 heteroatoms. The molecule has 2 heterocycles. The topological polar surface area (TPSA) is 97.4 Å². The standard InChI is InChI=1S/C19H33N4O5P/c1-5-8-12-22-15-20-17-16(22)18(24)23(19(25)21(17)4)13-10-9-11-14-28-29(26,7-3)27-6-2/h15H,5-14H2,1-4H3. The zero-order chi connectivity index (χ0) is 21.4. The highest BCUT2D eigenvalue weighted by Gasteiger charge is 2.20. The monoisotopic (exact) mass is 428 g/mol. The van der Waals surface area contributed by atoms with Crippen LogP contribution in [0, 0.1) is 0 Å². The van der Waals surface area contributed by atoms with Crippen LogP contribution in [0.3, 0.4) is 0 Å². The van der Waals surface area contributed by atoms with E-state index in [2.05, 4.69) is 11.9 Å². The highest BCUT2D eigenvalue weighted by molar-refractivity contribution is 7.53. The molecule has 0 aliphatic carbocycles. The Morgan fingerprint density at radius 3 is 2.45 bits per heavy atom. The average Bonchev–Trinajstić information content (AvgIpc) is 3.14. The number of nitrogens with zero attached hydrogens (tertiary/aromatic N) is 4. The van der Waals surface area contributed by atoms with Crippen LogP contribution in [0.15, 0.2) is 15.9 Å². The summed E-state index contributed by atoms with van der Waals surface area (Å²) in [5.41, 5.74) is 0.252. The fraction of sp³-hybridized carbons (Fsp3) is 0.737. The molecule has 1 atom stereocenters. The van der Waals surface area contributed by atoms with Gasteiger partial charge in [0.15, 0.2) is 11.2 Å². The van der Waals surface area contributed by atoms with Crippen molar-refractivity contribution in [2.24, 2.45) is 7.05 Å². The van der Waals surface area contributed by atoms with Gasteiger partial charge in [-0.1, -0.05) is 20.3 Å². The van der Waals surface area contributed by atoms with Crippen LogP contribution in [0.1, 0.15) is 52.9 Å². The summed E-state index contributed by atoms with van der Waals surface area (Å²) in [4.78, 5) is 29.8. The Hall–Kier alpha value is -1.70. The van der Waals surface area contributed by atoms with Crippen LogP contribution in [-0.2, 0) is 33.7 Å². The predicted octanol–water partition coefficient (Wildman–Crippen LogP) is 3.13. The van der Waals surface area contributed by atoms with Crippen LogP contribution in [0.2, 0.25) is 0 Å². The largest absolute Gasteiger partial charge is 0.332 e. The summed E-state index contributed by atoms with van der Waals surface area (Å²) in [6.45, 7) is 7.38. The molecule has 0 fully saturated rings. The first-order chi connectivity index (χ1) is 13.9. The van der Waals surface area contributed by atoms with E-state index in [1.165, 1.54) is 9.13 Å². The van der Waals surface area contributed by atoms with Crippen molar-refractivity contribution < 1.29 is 13.6 Å². The quantitative estimate of drug-likeness (QED) is 0.359. The third-order valence-corrected chi connectivity index (χ3v) is 6.88. The molecule has 29 heavy (non-hydrogen) atoms. The molecule has 0 aliphatic heterocycles. The molecule has 2 aromatic heterocycles. The highest BCUT2D eigenvalue weighted by atomic mass is 31.2. The smallest absolute Gasteiger partial charge is 0.325 e. The summed E-state index contributed by atoms with van der Waals surface area (Å²) in [5, 5.41) is 0. The van der Waals surface area contributed by atoms with Crippen LogP contribution in [0.5, 0.6) is 0 Å². The van der Waals surface area contributed by atoms with E-state index in [0.717, 1.165) is 19.3 Å². The Kier molecular flexibility index (Phi) is 8.86. The second-order valence-corrected chi connectivity index (χ2v) is 9.37. The SMILES string of the molecule is CCCCn1cnc2c1c(=O)n(CCCCCOP(=O)(CC)OCC)c(=O)n2C. The predicted molar refractivity (Wildman–Crippen MR) is 114 cm³/mol. The lowest BCUT2D eigenvalue weighted by Gasteiger charge is -2.15. The first kappa shape index (κ1) is 23.6. The molecule has 2 aromatic rings.